The molecular weight excluding hydrogens is 208 g/mol. The van der Waals surface area contributed by atoms with Gasteiger partial charge >= 0.3 is 5.97 Å². The van der Waals surface area contributed by atoms with Crippen molar-refractivity contribution < 1.29 is 14.3 Å². The van der Waals surface area contributed by atoms with Crippen molar-refractivity contribution in [1.29, 1.82) is 0 Å². The van der Waals surface area contributed by atoms with Gasteiger partial charge in [0.2, 0.25) is 5.91 Å². The SMILES string of the molecule is COC(=O)C(NC1CCN(C)C1=O)C(C)C. The number of hydrogen-bond donors (Lipinski definition) is 1. The summed E-state index contributed by atoms with van der Waals surface area (Å²) in [6, 6.07) is -0.665. The molecule has 5 heteroatoms. The van der Waals surface area contributed by atoms with Gasteiger partial charge in [0.15, 0.2) is 0 Å². The molecule has 5 nitrogen and oxygen atoms in total. The first-order chi connectivity index (χ1) is 7.47. The zero-order chi connectivity index (χ0) is 12.3. The Labute approximate surface area is 96.1 Å². The van der Waals surface area contributed by atoms with Crippen molar-refractivity contribution in [2.24, 2.45) is 5.92 Å². The molecular formula is C11H20N2O3. The molecule has 16 heavy (non-hydrogen) atoms. The van der Waals surface area contributed by atoms with E-state index in [0.29, 0.717) is 0 Å². The molecule has 1 aliphatic rings. The number of rotatable bonds is 4. The second-order valence-corrected chi connectivity index (χ2v) is 4.51. The van der Waals surface area contributed by atoms with E-state index in [2.05, 4.69) is 5.32 Å². The van der Waals surface area contributed by atoms with Crippen LogP contribution in [0.25, 0.3) is 0 Å². The van der Waals surface area contributed by atoms with Gasteiger partial charge in [0.1, 0.15) is 6.04 Å². The van der Waals surface area contributed by atoms with E-state index in [9.17, 15) is 9.59 Å². The average molecular weight is 228 g/mol. The zero-order valence-corrected chi connectivity index (χ0v) is 10.3. The largest absolute Gasteiger partial charge is 0.468 e. The lowest BCUT2D eigenvalue weighted by Crippen LogP contribution is -2.49. The quantitative estimate of drug-likeness (QED) is 0.688. The molecule has 0 spiro atoms. The Morgan fingerprint density at radius 2 is 2.19 bits per heavy atom. The molecule has 1 rings (SSSR count). The second-order valence-electron chi connectivity index (χ2n) is 4.51. The number of likely N-dealkylation sites (N-methyl/N-ethyl adjacent to an activating group) is 1. The second kappa shape index (κ2) is 5.30. The van der Waals surface area contributed by atoms with E-state index in [1.165, 1.54) is 7.11 Å². The molecule has 0 aromatic heterocycles. The Hall–Kier alpha value is -1.10. The van der Waals surface area contributed by atoms with Crippen LogP contribution in [0.5, 0.6) is 0 Å². The number of esters is 1. The minimum atomic E-state index is -0.412. The molecule has 1 fully saturated rings. The molecule has 0 bridgehead atoms. The maximum absolute atomic E-state index is 11.7. The maximum Gasteiger partial charge on any atom is 0.323 e. The van der Waals surface area contributed by atoms with Crippen LogP contribution in [-0.4, -0.2) is 49.6 Å². The van der Waals surface area contributed by atoms with Crippen molar-refractivity contribution in [3.8, 4) is 0 Å². The molecule has 1 saturated heterocycles. The van der Waals surface area contributed by atoms with Gasteiger partial charge in [0, 0.05) is 13.6 Å². The third-order valence-corrected chi connectivity index (χ3v) is 2.93. The van der Waals surface area contributed by atoms with Crippen LogP contribution in [0.4, 0.5) is 0 Å². The van der Waals surface area contributed by atoms with Crippen molar-refractivity contribution in [2.75, 3.05) is 20.7 Å². The van der Waals surface area contributed by atoms with Crippen molar-refractivity contribution in [3.63, 3.8) is 0 Å². The number of carbonyl (C=O) groups is 2. The Balaban J connectivity index is 2.62. The van der Waals surface area contributed by atoms with Gasteiger partial charge < -0.3 is 9.64 Å². The van der Waals surface area contributed by atoms with E-state index >= 15 is 0 Å². The molecule has 0 saturated carbocycles. The predicted molar refractivity (Wildman–Crippen MR) is 59.8 cm³/mol. The Kier molecular flexibility index (Phi) is 4.29. The molecule has 0 aromatic carbocycles. The Bertz CT molecular complexity index is 278. The summed E-state index contributed by atoms with van der Waals surface area (Å²) >= 11 is 0. The van der Waals surface area contributed by atoms with Crippen molar-refractivity contribution >= 4 is 11.9 Å². The summed E-state index contributed by atoms with van der Waals surface area (Å²) in [5.41, 5.74) is 0. The van der Waals surface area contributed by atoms with Crippen LogP contribution in [-0.2, 0) is 14.3 Å². The highest BCUT2D eigenvalue weighted by Crippen LogP contribution is 2.12. The highest BCUT2D eigenvalue weighted by Gasteiger charge is 2.34. The fraction of sp³-hybridized carbons (Fsp3) is 0.818. The van der Waals surface area contributed by atoms with Crippen LogP contribution in [0.3, 0.4) is 0 Å². The zero-order valence-electron chi connectivity index (χ0n) is 10.3. The topological polar surface area (TPSA) is 58.6 Å². The summed E-state index contributed by atoms with van der Waals surface area (Å²) in [5, 5.41) is 3.08. The number of ether oxygens (including phenoxy) is 1. The summed E-state index contributed by atoms with van der Waals surface area (Å²) in [7, 11) is 3.13. The van der Waals surface area contributed by atoms with Crippen LogP contribution in [0.15, 0.2) is 0 Å². The molecule has 2 atom stereocenters. The molecule has 0 radical (unpaired) electrons. The summed E-state index contributed by atoms with van der Waals surface area (Å²) in [6.07, 6.45) is 0.746. The van der Waals surface area contributed by atoms with Crippen molar-refractivity contribution in [1.82, 2.24) is 10.2 Å². The van der Waals surface area contributed by atoms with E-state index in [1.807, 2.05) is 13.8 Å². The van der Waals surface area contributed by atoms with Crippen LogP contribution < -0.4 is 5.32 Å². The summed E-state index contributed by atoms with van der Waals surface area (Å²) in [6.45, 7) is 4.60. The van der Waals surface area contributed by atoms with E-state index in [0.717, 1.165) is 13.0 Å². The van der Waals surface area contributed by atoms with E-state index in [4.69, 9.17) is 4.74 Å². The monoisotopic (exact) mass is 228 g/mol. The molecule has 1 aliphatic heterocycles. The highest BCUT2D eigenvalue weighted by molar-refractivity contribution is 5.85. The fourth-order valence-corrected chi connectivity index (χ4v) is 1.85. The number of likely N-dealkylation sites (tertiary alicyclic amines) is 1. The molecule has 0 aromatic rings. The van der Waals surface area contributed by atoms with Crippen LogP contribution >= 0.6 is 0 Å². The minimum Gasteiger partial charge on any atom is -0.468 e. The first kappa shape index (κ1) is 13.0. The fourth-order valence-electron chi connectivity index (χ4n) is 1.85. The third kappa shape index (κ3) is 2.72. The molecule has 2 unspecified atom stereocenters. The van der Waals surface area contributed by atoms with Gasteiger partial charge in [0.25, 0.3) is 0 Å². The highest BCUT2D eigenvalue weighted by atomic mass is 16.5. The number of nitrogens with zero attached hydrogens (tertiary/aromatic N) is 1. The van der Waals surface area contributed by atoms with Crippen LogP contribution in [0.2, 0.25) is 0 Å². The lowest BCUT2D eigenvalue weighted by molar-refractivity contribution is -0.144. The number of hydrogen-bond acceptors (Lipinski definition) is 4. The summed E-state index contributed by atoms with van der Waals surface area (Å²) in [4.78, 5) is 24.9. The van der Waals surface area contributed by atoms with E-state index in [-0.39, 0.29) is 23.8 Å². The van der Waals surface area contributed by atoms with Crippen LogP contribution in [0, 0.1) is 5.92 Å². The summed E-state index contributed by atoms with van der Waals surface area (Å²) < 4.78 is 4.72. The lowest BCUT2D eigenvalue weighted by Gasteiger charge is -2.23. The Morgan fingerprint density at radius 1 is 1.56 bits per heavy atom. The van der Waals surface area contributed by atoms with Gasteiger partial charge in [0.05, 0.1) is 13.2 Å². The van der Waals surface area contributed by atoms with Gasteiger partial charge in [-0.3, -0.25) is 14.9 Å². The number of nitrogens with one attached hydrogen (secondary N) is 1. The predicted octanol–water partition coefficient (Wildman–Crippen LogP) is 0.00430. The van der Waals surface area contributed by atoms with Crippen molar-refractivity contribution in [3.05, 3.63) is 0 Å². The third-order valence-electron chi connectivity index (χ3n) is 2.93. The first-order valence-corrected chi connectivity index (χ1v) is 5.56. The molecule has 1 heterocycles. The van der Waals surface area contributed by atoms with Crippen LogP contribution in [0.1, 0.15) is 20.3 Å². The lowest BCUT2D eigenvalue weighted by atomic mass is 10.0. The molecule has 92 valence electrons. The molecule has 1 amide bonds. The molecule has 0 aliphatic carbocycles. The standard InChI is InChI=1S/C11H20N2O3/c1-7(2)9(11(15)16-4)12-8-5-6-13(3)10(8)14/h7-9,12H,5-6H2,1-4H3. The smallest absolute Gasteiger partial charge is 0.323 e. The number of methoxy groups -OCH3 is 1. The van der Waals surface area contributed by atoms with Gasteiger partial charge in [-0.25, -0.2) is 0 Å². The van der Waals surface area contributed by atoms with Gasteiger partial charge in [-0.05, 0) is 12.3 Å². The summed E-state index contributed by atoms with van der Waals surface area (Å²) in [5.74, 6) is -0.155. The van der Waals surface area contributed by atoms with Crippen molar-refractivity contribution in [2.45, 2.75) is 32.4 Å². The minimum absolute atomic E-state index is 0.0505. The van der Waals surface area contributed by atoms with Gasteiger partial charge in [-0.2, -0.15) is 0 Å². The number of carbonyl (C=O) groups excluding carboxylic acids is 2. The van der Waals surface area contributed by atoms with Gasteiger partial charge in [-0.15, -0.1) is 0 Å². The number of amides is 1. The van der Waals surface area contributed by atoms with Gasteiger partial charge in [-0.1, -0.05) is 13.8 Å². The first-order valence-electron chi connectivity index (χ1n) is 5.56. The van der Waals surface area contributed by atoms with E-state index < -0.39 is 6.04 Å². The Morgan fingerprint density at radius 3 is 2.56 bits per heavy atom. The molecule has 1 N–H and O–H groups in total. The van der Waals surface area contributed by atoms with E-state index in [1.54, 1.807) is 11.9 Å². The average Bonchev–Trinajstić information content (AvgIpc) is 2.55. The maximum atomic E-state index is 11.7. The normalized spacial score (nSPS) is 22.7.